The van der Waals surface area contributed by atoms with Crippen LogP contribution in [-0.4, -0.2) is 50.0 Å². The minimum absolute atomic E-state index is 0.0368. The summed E-state index contributed by atoms with van der Waals surface area (Å²) in [7, 11) is 3.55. The van der Waals surface area contributed by atoms with Crippen LogP contribution in [0, 0.1) is 0 Å². The van der Waals surface area contributed by atoms with Gasteiger partial charge in [-0.05, 0) is 44.9 Å². The molecule has 0 atom stereocenters. The van der Waals surface area contributed by atoms with Crippen molar-refractivity contribution in [2.24, 2.45) is 4.99 Å². The molecule has 2 aliphatic carbocycles. The quantitative estimate of drug-likeness (QED) is 0.446. The van der Waals surface area contributed by atoms with Crippen molar-refractivity contribution in [2.75, 3.05) is 27.2 Å². The molecule has 5 heteroatoms. The molecule has 1 saturated carbocycles. The number of amides is 1. The smallest absolute Gasteiger partial charge is 0.243 e. The van der Waals surface area contributed by atoms with Crippen LogP contribution in [0.3, 0.4) is 0 Å². The van der Waals surface area contributed by atoms with Crippen molar-refractivity contribution in [3.63, 3.8) is 0 Å². The maximum atomic E-state index is 11.8. The van der Waals surface area contributed by atoms with Crippen LogP contribution in [0.2, 0.25) is 0 Å². The van der Waals surface area contributed by atoms with Crippen molar-refractivity contribution in [3.8, 4) is 0 Å². The first-order chi connectivity index (χ1) is 11.6. The molecule has 24 heavy (non-hydrogen) atoms. The van der Waals surface area contributed by atoms with Crippen molar-refractivity contribution in [1.82, 2.24) is 15.5 Å². The number of guanidine groups is 1. The highest BCUT2D eigenvalue weighted by atomic mass is 16.2. The molecule has 5 nitrogen and oxygen atoms in total. The normalized spacial score (nSPS) is 19.6. The van der Waals surface area contributed by atoms with Gasteiger partial charge in [-0.25, -0.2) is 4.99 Å². The van der Waals surface area contributed by atoms with E-state index in [1.54, 1.807) is 24.6 Å². The zero-order valence-electron chi connectivity index (χ0n) is 15.4. The molecule has 2 aliphatic rings. The number of hydrogen-bond donors (Lipinski definition) is 2. The fourth-order valence-electron chi connectivity index (χ4n) is 3.35. The Balaban J connectivity index is 1.84. The number of allylic oxidation sites excluding steroid dienone is 1. The third-order valence-electron chi connectivity index (χ3n) is 4.94. The van der Waals surface area contributed by atoms with Crippen LogP contribution in [0.15, 0.2) is 16.6 Å². The summed E-state index contributed by atoms with van der Waals surface area (Å²) in [5.41, 5.74) is 1.56. The van der Waals surface area contributed by atoms with Crippen molar-refractivity contribution in [1.29, 1.82) is 0 Å². The first-order valence-electron chi connectivity index (χ1n) is 9.58. The number of nitrogens with zero attached hydrogens (tertiary/aromatic N) is 2. The van der Waals surface area contributed by atoms with Gasteiger partial charge in [-0.3, -0.25) is 4.79 Å². The second-order valence-electron chi connectivity index (χ2n) is 7.22. The van der Waals surface area contributed by atoms with Gasteiger partial charge >= 0.3 is 0 Å². The van der Waals surface area contributed by atoms with Crippen molar-refractivity contribution >= 4 is 11.9 Å². The second kappa shape index (κ2) is 10.4. The molecule has 0 bridgehead atoms. The van der Waals surface area contributed by atoms with E-state index in [-0.39, 0.29) is 12.5 Å². The topological polar surface area (TPSA) is 56.7 Å². The molecular formula is C19H34N4O. The van der Waals surface area contributed by atoms with Crippen molar-refractivity contribution < 1.29 is 4.79 Å². The maximum Gasteiger partial charge on any atom is 0.243 e. The highest BCUT2D eigenvalue weighted by molar-refractivity contribution is 5.84. The lowest BCUT2D eigenvalue weighted by Gasteiger charge is -2.25. The van der Waals surface area contributed by atoms with Crippen molar-refractivity contribution in [3.05, 3.63) is 11.6 Å². The minimum atomic E-state index is 0.0368. The number of carbonyl (C=O) groups excluding carboxylic acids is 1. The summed E-state index contributed by atoms with van der Waals surface area (Å²) in [6, 6.07) is 0.494. The van der Waals surface area contributed by atoms with E-state index >= 15 is 0 Å². The first kappa shape index (κ1) is 18.8. The Labute approximate surface area is 147 Å². The zero-order chi connectivity index (χ0) is 17.2. The van der Waals surface area contributed by atoms with Gasteiger partial charge in [0.2, 0.25) is 5.91 Å². The summed E-state index contributed by atoms with van der Waals surface area (Å²) in [5.74, 6) is 0.836. The monoisotopic (exact) mass is 334 g/mol. The second-order valence-corrected chi connectivity index (χ2v) is 7.22. The number of rotatable bonds is 6. The SMILES string of the molecule is CN(C)C(=O)CN=C(NCCC1=CCCCC1)NC1CCCCC1. The summed E-state index contributed by atoms with van der Waals surface area (Å²) < 4.78 is 0. The van der Waals surface area contributed by atoms with E-state index in [0.29, 0.717) is 6.04 Å². The van der Waals surface area contributed by atoms with E-state index in [1.165, 1.54) is 57.8 Å². The Morgan fingerprint density at radius 3 is 2.67 bits per heavy atom. The van der Waals surface area contributed by atoms with Gasteiger partial charge in [-0.15, -0.1) is 0 Å². The summed E-state index contributed by atoms with van der Waals surface area (Å²) in [6.07, 6.45) is 14.9. The molecule has 0 aromatic carbocycles. The Hall–Kier alpha value is -1.52. The molecule has 2 rings (SSSR count). The molecule has 1 amide bonds. The molecule has 2 N–H and O–H groups in total. The molecule has 0 spiro atoms. The first-order valence-corrected chi connectivity index (χ1v) is 9.58. The average Bonchev–Trinajstić information content (AvgIpc) is 2.61. The number of nitrogens with one attached hydrogen (secondary N) is 2. The van der Waals surface area contributed by atoms with Gasteiger partial charge in [0.1, 0.15) is 6.54 Å². The summed E-state index contributed by atoms with van der Waals surface area (Å²) in [5, 5.41) is 6.97. The average molecular weight is 335 g/mol. The van der Waals surface area contributed by atoms with Crippen LogP contribution >= 0.6 is 0 Å². The van der Waals surface area contributed by atoms with Gasteiger partial charge < -0.3 is 15.5 Å². The van der Waals surface area contributed by atoms with E-state index in [9.17, 15) is 4.79 Å². The van der Waals surface area contributed by atoms with Gasteiger partial charge in [-0.1, -0.05) is 30.9 Å². The van der Waals surface area contributed by atoms with Crippen LogP contribution in [0.5, 0.6) is 0 Å². The lowest BCUT2D eigenvalue weighted by atomic mass is 9.96. The molecule has 1 fully saturated rings. The van der Waals surface area contributed by atoms with Gasteiger partial charge in [0.25, 0.3) is 0 Å². The van der Waals surface area contributed by atoms with E-state index < -0.39 is 0 Å². The lowest BCUT2D eigenvalue weighted by molar-refractivity contribution is -0.127. The van der Waals surface area contributed by atoms with Crippen LogP contribution in [0.4, 0.5) is 0 Å². The molecule has 0 saturated heterocycles. The van der Waals surface area contributed by atoms with Crippen molar-refractivity contribution in [2.45, 2.75) is 70.3 Å². The molecule has 0 aromatic rings. The van der Waals surface area contributed by atoms with Gasteiger partial charge in [0.05, 0.1) is 0 Å². The van der Waals surface area contributed by atoms with E-state index in [4.69, 9.17) is 0 Å². The Morgan fingerprint density at radius 1 is 1.21 bits per heavy atom. The maximum absolute atomic E-state index is 11.8. The molecule has 0 heterocycles. The summed E-state index contributed by atoms with van der Waals surface area (Å²) >= 11 is 0. The van der Waals surface area contributed by atoms with Crippen LogP contribution in [0.1, 0.15) is 64.2 Å². The Morgan fingerprint density at radius 2 is 2.00 bits per heavy atom. The zero-order valence-corrected chi connectivity index (χ0v) is 15.4. The predicted octanol–water partition coefficient (Wildman–Crippen LogP) is 2.83. The molecule has 0 unspecified atom stereocenters. The third kappa shape index (κ3) is 6.93. The van der Waals surface area contributed by atoms with E-state index in [2.05, 4.69) is 21.7 Å². The standard InChI is InChI=1S/C19H34N4O/c1-23(2)18(24)15-21-19(22-17-11-7-4-8-12-17)20-14-13-16-9-5-3-6-10-16/h9,17H,3-8,10-15H2,1-2H3,(H2,20,21,22). The number of carbonyl (C=O) groups is 1. The van der Waals surface area contributed by atoms with Gasteiger partial charge in [0, 0.05) is 26.7 Å². The summed E-state index contributed by atoms with van der Waals surface area (Å²) in [6.45, 7) is 1.10. The highest BCUT2D eigenvalue weighted by Gasteiger charge is 2.15. The van der Waals surface area contributed by atoms with Crippen LogP contribution in [0.25, 0.3) is 0 Å². The molecule has 0 aromatic heterocycles. The van der Waals surface area contributed by atoms with Gasteiger partial charge in [-0.2, -0.15) is 0 Å². The third-order valence-corrected chi connectivity index (χ3v) is 4.94. The largest absolute Gasteiger partial charge is 0.356 e. The van der Waals surface area contributed by atoms with E-state index in [1.807, 2.05) is 0 Å². The molecule has 0 radical (unpaired) electrons. The number of hydrogen-bond acceptors (Lipinski definition) is 2. The predicted molar refractivity (Wildman–Crippen MR) is 100 cm³/mol. The molecule has 136 valence electrons. The minimum Gasteiger partial charge on any atom is -0.356 e. The molecular weight excluding hydrogens is 300 g/mol. The Kier molecular flexibility index (Phi) is 8.13. The fourth-order valence-corrected chi connectivity index (χ4v) is 3.35. The summed E-state index contributed by atoms with van der Waals surface area (Å²) in [4.78, 5) is 17.9. The van der Waals surface area contributed by atoms with E-state index in [0.717, 1.165) is 18.9 Å². The van der Waals surface area contributed by atoms with Gasteiger partial charge in [0.15, 0.2) is 5.96 Å². The Bertz CT molecular complexity index is 450. The highest BCUT2D eigenvalue weighted by Crippen LogP contribution is 2.19. The number of likely N-dealkylation sites (N-methyl/N-ethyl adjacent to an activating group) is 1. The fraction of sp³-hybridized carbons (Fsp3) is 0.789. The van der Waals surface area contributed by atoms with Crippen LogP contribution in [-0.2, 0) is 4.79 Å². The van der Waals surface area contributed by atoms with Crippen LogP contribution < -0.4 is 10.6 Å². The molecule has 0 aliphatic heterocycles. The number of aliphatic imine (C=N–C) groups is 1. The lowest BCUT2D eigenvalue weighted by Crippen LogP contribution is -2.45.